The highest BCUT2D eigenvalue weighted by atomic mass is 19.3. The third-order valence-corrected chi connectivity index (χ3v) is 1.82. The van der Waals surface area contributed by atoms with Crippen LogP contribution < -0.4 is 4.74 Å². The molecule has 0 aliphatic rings. The number of pyridine rings is 1. The maximum Gasteiger partial charge on any atom is 0.343 e. The fourth-order valence-corrected chi connectivity index (χ4v) is 1.09. The Hall–Kier alpha value is -1.79. The van der Waals surface area contributed by atoms with Crippen molar-refractivity contribution in [2.75, 3.05) is 14.2 Å². The third kappa shape index (κ3) is 2.23. The van der Waals surface area contributed by atoms with Crippen LogP contribution in [0.2, 0.25) is 0 Å². The maximum absolute atomic E-state index is 13.3. The molecule has 88 valence electrons. The van der Waals surface area contributed by atoms with Gasteiger partial charge in [0.15, 0.2) is 0 Å². The van der Waals surface area contributed by atoms with Gasteiger partial charge >= 0.3 is 5.97 Å². The highest BCUT2D eigenvalue weighted by molar-refractivity contribution is 5.91. The van der Waals surface area contributed by atoms with E-state index in [1.165, 1.54) is 0 Å². The first-order chi connectivity index (χ1) is 7.51. The summed E-state index contributed by atoms with van der Waals surface area (Å²) in [5, 5.41) is 0. The molecule has 7 heteroatoms. The van der Waals surface area contributed by atoms with Gasteiger partial charge in [-0.05, 0) is 0 Å². The lowest BCUT2D eigenvalue weighted by atomic mass is 10.1. The van der Waals surface area contributed by atoms with Gasteiger partial charge in [-0.2, -0.15) is 9.37 Å². The molecule has 0 amide bonds. The van der Waals surface area contributed by atoms with Crippen LogP contribution in [0.4, 0.5) is 13.2 Å². The number of methoxy groups -OCH3 is 2. The summed E-state index contributed by atoms with van der Waals surface area (Å²) in [6.45, 7) is 0. The lowest BCUT2D eigenvalue weighted by molar-refractivity contribution is 0.0581. The monoisotopic (exact) mass is 235 g/mol. The Morgan fingerprint density at radius 1 is 1.44 bits per heavy atom. The van der Waals surface area contributed by atoms with Crippen LogP contribution in [0.3, 0.4) is 0 Å². The van der Waals surface area contributed by atoms with E-state index in [9.17, 15) is 18.0 Å². The Morgan fingerprint density at radius 2 is 2.06 bits per heavy atom. The van der Waals surface area contributed by atoms with Crippen molar-refractivity contribution in [3.05, 3.63) is 23.1 Å². The smallest absolute Gasteiger partial charge is 0.343 e. The Labute approximate surface area is 89.0 Å². The molecule has 0 saturated heterocycles. The molecule has 16 heavy (non-hydrogen) atoms. The number of nitrogens with zero attached hydrogens (tertiary/aromatic N) is 1. The van der Waals surface area contributed by atoms with E-state index in [4.69, 9.17) is 0 Å². The van der Waals surface area contributed by atoms with Crippen molar-refractivity contribution >= 4 is 5.97 Å². The number of aromatic nitrogens is 1. The third-order valence-electron chi connectivity index (χ3n) is 1.82. The van der Waals surface area contributed by atoms with Gasteiger partial charge in [0.05, 0.1) is 14.2 Å². The molecule has 0 saturated carbocycles. The number of hydrogen-bond acceptors (Lipinski definition) is 4. The fraction of sp³-hybridized carbons (Fsp3) is 0.333. The van der Waals surface area contributed by atoms with Gasteiger partial charge in [0, 0.05) is 11.6 Å². The zero-order chi connectivity index (χ0) is 12.3. The highest BCUT2D eigenvalue weighted by Gasteiger charge is 2.25. The zero-order valence-electron chi connectivity index (χ0n) is 8.46. The number of halogens is 3. The van der Waals surface area contributed by atoms with E-state index in [1.54, 1.807) is 0 Å². The first kappa shape index (κ1) is 12.3. The Bertz CT molecular complexity index is 409. The number of ether oxygens (including phenoxy) is 2. The van der Waals surface area contributed by atoms with E-state index >= 15 is 0 Å². The van der Waals surface area contributed by atoms with Crippen LogP contribution in [0.5, 0.6) is 5.88 Å². The SMILES string of the molecule is COC(=O)c1c(C(F)F)cc(OC)nc1F. The lowest BCUT2D eigenvalue weighted by Gasteiger charge is -2.09. The van der Waals surface area contributed by atoms with Crippen molar-refractivity contribution in [2.45, 2.75) is 6.43 Å². The van der Waals surface area contributed by atoms with Gasteiger partial charge in [0.1, 0.15) is 5.56 Å². The Balaban J connectivity index is 3.39. The molecule has 4 nitrogen and oxygen atoms in total. The van der Waals surface area contributed by atoms with Crippen molar-refractivity contribution in [1.82, 2.24) is 4.98 Å². The van der Waals surface area contributed by atoms with Gasteiger partial charge in [-0.3, -0.25) is 0 Å². The average molecular weight is 235 g/mol. The predicted octanol–water partition coefficient (Wildman–Crippen LogP) is 1.95. The predicted molar refractivity (Wildman–Crippen MR) is 47.0 cm³/mol. The van der Waals surface area contributed by atoms with Crippen LogP contribution in [-0.2, 0) is 4.74 Å². The van der Waals surface area contributed by atoms with Crippen molar-refractivity contribution in [1.29, 1.82) is 0 Å². The Kier molecular flexibility index (Phi) is 3.70. The van der Waals surface area contributed by atoms with Crippen molar-refractivity contribution in [2.24, 2.45) is 0 Å². The minimum absolute atomic E-state index is 0.333. The van der Waals surface area contributed by atoms with Crippen LogP contribution in [0.15, 0.2) is 6.07 Å². The molecule has 0 bridgehead atoms. The maximum atomic E-state index is 13.3. The van der Waals surface area contributed by atoms with Crippen molar-refractivity contribution < 1.29 is 27.4 Å². The van der Waals surface area contributed by atoms with Gasteiger partial charge in [0.25, 0.3) is 6.43 Å². The summed E-state index contributed by atoms with van der Waals surface area (Å²) in [6.07, 6.45) is -3.03. The molecular formula is C9H8F3NO3. The topological polar surface area (TPSA) is 48.4 Å². The minimum Gasteiger partial charge on any atom is -0.481 e. The zero-order valence-corrected chi connectivity index (χ0v) is 8.46. The number of rotatable bonds is 3. The molecule has 0 aromatic carbocycles. The second-order valence-corrected chi connectivity index (χ2v) is 2.71. The quantitative estimate of drug-likeness (QED) is 0.593. The van der Waals surface area contributed by atoms with E-state index in [-0.39, 0.29) is 5.88 Å². The molecule has 0 aliphatic carbocycles. The summed E-state index contributed by atoms with van der Waals surface area (Å²) in [6, 6.07) is 0.792. The number of carbonyl (C=O) groups excluding carboxylic acids is 1. The molecule has 0 N–H and O–H groups in total. The molecule has 1 heterocycles. The van der Waals surface area contributed by atoms with Gasteiger partial charge in [-0.1, -0.05) is 0 Å². The van der Waals surface area contributed by atoms with E-state index in [2.05, 4.69) is 14.5 Å². The largest absolute Gasteiger partial charge is 0.481 e. The van der Waals surface area contributed by atoms with Gasteiger partial charge in [0.2, 0.25) is 11.8 Å². The summed E-state index contributed by atoms with van der Waals surface area (Å²) in [4.78, 5) is 14.3. The lowest BCUT2D eigenvalue weighted by Crippen LogP contribution is -2.11. The van der Waals surface area contributed by atoms with Crippen molar-refractivity contribution in [3.63, 3.8) is 0 Å². The molecule has 0 atom stereocenters. The molecule has 1 rings (SSSR count). The van der Waals surface area contributed by atoms with E-state index in [1.807, 2.05) is 0 Å². The number of alkyl halides is 2. The number of esters is 1. The summed E-state index contributed by atoms with van der Waals surface area (Å²) in [7, 11) is 2.11. The molecule has 0 fully saturated rings. The first-order valence-electron chi connectivity index (χ1n) is 4.12. The molecule has 0 radical (unpaired) electrons. The standard InChI is InChI=1S/C9H8F3NO3/c1-15-5-3-4(7(10)11)6(8(12)13-5)9(14)16-2/h3,7H,1-2H3. The molecule has 0 spiro atoms. The van der Waals surface area contributed by atoms with Crippen LogP contribution in [0.1, 0.15) is 22.3 Å². The number of carbonyl (C=O) groups is 1. The molecular weight excluding hydrogens is 227 g/mol. The molecule has 1 aromatic heterocycles. The summed E-state index contributed by atoms with van der Waals surface area (Å²) in [5.41, 5.74) is -1.69. The van der Waals surface area contributed by atoms with Crippen LogP contribution in [0.25, 0.3) is 0 Å². The van der Waals surface area contributed by atoms with Crippen LogP contribution in [0, 0.1) is 5.95 Å². The average Bonchev–Trinajstić information content (AvgIpc) is 2.26. The van der Waals surface area contributed by atoms with Gasteiger partial charge in [-0.25, -0.2) is 13.6 Å². The second kappa shape index (κ2) is 4.82. The Morgan fingerprint density at radius 3 is 2.50 bits per heavy atom. The van der Waals surface area contributed by atoms with Crippen LogP contribution in [-0.4, -0.2) is 25.2 Å². The molecule has 0 unspecified atom stereocenters. The van der Waals surface area contributed by atoms with E-state index in [0.717, 1.165) is 20.3 Å². The van der Waals surface area contributed by atoms with Gasteiger partial charge < -0.3 is 9.47 Å². The highest BCUT2D eigenvalue weighted by Crippen LogP contribution is 2.27. The van der Waals surface area contributed by atoms with E-state index in [0.29, 0.717) is 0 Å². The van der Waals surface area contributed by atoms with E-state index < -0.39 is 29.5 Å². The van der Waals surface area contributed by atoms with Gasteiger partial charge in [-0.15, -0.1) is 0 Å². The summed E-state index contributed by atoms with van der Waals surface area (Å²) in [5.74, 6) is -2.88. The minimum atomic E-state index is -3.03. The molecule has 0 aliphatic heterocycles. The van der Waals surface area contributed by atoms with Crippen LogP contribution >= 0.6 is 0 Å². The normalized spacial score (nSPS) is 10.4. The fourth-order valence-electron chi connectivity index (χ4n) is 1.09. The summed E-state index contributed by atoms with van der Waals surface area (Å²) >= 11 is 0. The second-order valence-electron chi connectivity index (χ2n) is 2.71. The first-order valence-corrected chi connectivity index (χ1v) is 4.12. The van der Waals surface area contributed by atoms with Crippen molar-refractivity contribution in [3.8, 4) is 5.88 Å². The summed E-state index contributed by atoms with van der Waals surface area (Å²) < 4.78 is 47.1. The molecule has 1 aromatic rings. The number of hydrogen-bond donors (Lipinski definition) is 0.